The van der Waals surface area contributed by atoms with Crippen LogP contribution in [0.2, 0.25) is 0 Å². The molecule has 1 aliphatic rings. The number of aryl methyl sites for hydroxylation is 1. The minimum atomic E-state index is -0.243. The number of nitrogens with zero attached hydrogens (tertiary/aromatic N) is 1. The fourth-order valence-electron chi connectivity index (χ4n) is 2.81. The fraction of sp³-hybridized carbons (Fsp3) is 0.471. The highest BCUT2D eigenvalue weighted by atomic mass is 32.2. The van der Waals surface area contributed by atoms with Crippen molar-refractivity contribution < 1.29 is 8.81 Å². The third kappa shape index (κ3) is 3.80. The highest BCUT2D eigenvalue weighted by Gasteiger charge is 2.16. The number of halogens is 1. The van der Waals surface area contributed by atoms with E-state index in [9.17, 15) is 4.39 Å². The van der Waals surface area contributed by atoms with Gasteiger partial charge in [0.2, 0.25) is 0 Å². The average Bonchev–Trinajstić information content (AvgIpc) is 3.17. The lowest BCUT2D eigenvalue weighted by atomic mass is 10.1. The van der Waals surface area contributed by atoms with Crippen molar-refractivity contribution in [2.24, 2.45) is 4.99 Å². The third-order valence-corrected chi connectivity index (χ3v) is 5.56. The van der Waals surface area contributed by atoms with Gasteiger partial charge in [-0.3, -0.25) is 4.99 Å². The maximum absolute atomic E-state index is 13.4. The molecule has 0 bridgehead atoms. The standard InChI is InChI=1S/C17H22FN3OS/c1-11-14-8-12(18)5-6-15(14)22-16(11)10-21-17(19-2)20-9-13-4-3-7-23-13/h5-6,8,13H,3-4,7,9-10H2,1-2H3,(H2,19,20,21). The van der Waals surface area contributed by atoms with Crippen molar-refractivity contribution in [3.05, 3.63) is 35.3 Å². The Hall–Kier alpha value is -1.69. The molecule has 1 saturated heterocycles. The van der Waals surface area contributed by atoms with Crippen LogP contribution in [0.15, 0.2) is 27.6 Å². The summed E-state index contributed by atoms with van der Waals surface area (Å²) in [6, 6.07) is 4.61. The number of hydrogen-bond acceptors (Lipinski definition) is 3. The van der Waals surface area contributed by atoms with Gasteiger partial charge in [0.25, 0.3) is 0 Å². The summed E-state index contributed by atoms with van der Waals surface area (Å²) >= 11 is 2.02. The highest BCUT2D eigenvalue weighted by molar-refractivity contribution is 8.00. The predicted octanol–water partition coefficient (Wildman–Crippen LogP) is 3.44. The summed E-state index contributed by atoms with van der Waals surface area (Å²) < 4.78 is 19.2. The first-order chi connectivity index (χ1) is 11.2. The Kier molecular flexibility index (Phi) is 5.10. The normalized spacial score (nSPS) is 18.6. The topological polar surface area (TPSA) is 49.6 Å². The Balaban J connectivity index is 1.61. The second-order valence-electron chi connectivity index (χ2n) is 5.73. The second kappa shape index (κ2) is 7.25. The molecule has 124 valence electrons. The number of aliphatic imine (C=N–C) groups is 1. The minimum Gasteiger partial charge on any atom is -0.459 e. The molecule has 0 saturated carbocycles. The van der Waals surface area contributed by atoms with Crippen LogP contribution in [0.3, 0.4) is 0 Å². The van der Waals surface area contributed by atoms with E-state index in [1.807, 2.05) is 18.7 Å². The molecule has 2 N–H and O–H groups in total. The van der Waals surface area contributed by atoms with E-state index in [4.69, 9.17) is 4.42 Å². The van der Waals surface area contributed by atoms with Crippen LogP contribution in [-0.4, -0.2) is 30.6 Å². The molecule has 0 spiro atoms. The van der Waals surface area contributed by atoms with Gasteiger partial charge in [0, 0.05) is 29.8 Å². The Morgan fingerprint density at radius 2 is 2.30 bits per heavy atom. The molecule has 0 amide bonds. The largest absolute Gasteiger partial charge is 0.459 e. The molecule has 1 unspecified atom stereocenters. The monoisotopic (exact) mass is 335 g/mol. The van der Waals surface area contributed by atoms with Gasteiger partial charge >= 0.3 is 0 Å². The molecule has 4 nitrogen and oxygen atoms in total. The van der Waals surface area contributed by atoms with Gasteiger partial charge in [0.05, 0.1) is 6.54 Å². The fourth-order valence-corrected chi connectivity index (χ4v) is 4.01. The summed E-state index contributed by atoms with van der Waals surface area (Å²) in [5, 5.41) is 8.13. The number of guanidine groups is 1. The van der Waals surface area contributed by atoms with E-state index < -0.39 is 0 Å². The van der Waals surface area contributed by atoms with Crippen molar-refractivity contribution in [1.82, 2.24) is 10.6 Å². The van der Waals surface area contributed by atoms with Gasteiger partial charge in [0.1, 0.15) is 17.2 Å². The lowest BCUT2D eigenvalue weighted by Gasteiger charge is -2.14. The van der Waals surface area contributed by atoms with Gasteiger partial charge in [0.15, 0.2) is 5.96 Å². The zero-order valence-electron chi connectivity index (χ0n) is 13.5. The first-order valence-corrected chi connectivity index (χ1v) is 8.96. The molecular formula is C17H22FN3OS. The van der Waals surface area contributed by atoms with Crippen molar-refractivity contribution in [3.63, 3.8) is 0 Å². The molecule has 23 heavy (non-hydrogen) atoms. The van der Waals surface area contributed by atoms with Gasteiger partial charge in [-0.05, 0) is 43.7 Å². The van der Waals surface area contributed by atoms with Gasteiger partial charge < -0.3 is 15.1 Å². The van der Waals surface area contributed by atoms with E-state index >= 15 is 0 Å². The van der Waals surface area contributed by atoms with Crippen LogP contribution in [0.1, 0.15) is 24.2 Å². The molecule has 1 aromatic heterocycles. The molecule has 2 aromatic rings. The van der Waals surface area contributed by atoms with Crippen LogP contribution in [-0.2, 0) is 6.54 Å². The molecule has 1 aliphatic heterocycles. The van der Waals surface area contributed by atoms with Crippen molar-refractivity contribution >= 4 is 28.7 Å². The van der Waals surface area contributed by atoms with E-state index in [1.54, 1.807) is 13.1 Å². The van der Waals surface area contributed by atoms with E-state index in [-0.39, 0.29) is 5.82 Å². The van der Waals surface area contributed by atoms with Crippen LogP contribution < -0.4 is 10.6 Å². The number of thioether (sulfide) groups is 1. The van der Waals surface area contributed by atoms with Crippen molar-refractivity contribution in [3.8, 4) is 0 Å². The first-order valence-electron chi connectivity index (χ1n) is 7.91. The molecule has 0 radical (unpaired) electrons. The van der Waals surface area contributed by atoms with Gasteiger partial charge in [-0.15, -0.1) is 0 Å². The highest BCUT2D eigenvalue weighted by Crippen LogP contribution is 2.26. The summed E-state index contributed by atoms with van der Waals surface area (Å²) in [7, 11) is 1.76. The zero-order valence-corrected chi connectivity index (χ0v) is 14.3. The van der Waals surface area contributed by atoms with E-state index in [1.165, 1.54) is 30.7 Å². The minimum absolute atomic E-state index is 0.243. The summed E-state index contributed by atoms with van der Waals surface area (Å²) in [6.45, 7) is 3.40. The van der Waals surface area contributed by atoms with Gasteiger partial charge in [-0.2, -0.15) is 11.8 Å². The molecule has 0 aliphatic carbocycles. The first kappa shape index (κ1) is 16.2. The van der Waals surface area contributed by atoms with Crippen molar-refractivity contribution in [2.45, 2.75) is 31.6 Å². The summed E-state index contributed by atoms with van der Waals surface area (Å²) in [6.07, 6.45) is 2.57. The number of rotatable bonds is 4. The van der Waals surface area contributed by atoms with Crippen LogP contribution in [0.5, 0.6) is 0 Å². The molecule has 3 rings (SSSR count). The Morgan fingerprint density at radius 3 is 3.04 bits per heavy atom. The Bertz CT molecular complexity index is 707. The molecule has 2 heterocycles. The lowest BCUT2D eigenvalue weighted by Crippen LogP contribution is -2.39. The van der Waals surface area contributed by atoms with Crippen LogP contribution in [0.4, 0.5) is 4.39 Å². The maximum Gasteiger partial charge on any atom is 0.191 e. The number of fused-ring (bicyclic) bond motifs is 1. The quantitative estimate of drug-likeness (QED) is 0.664. The van der Waals surface area contributed by atoms with Crippen LogP contribution in [0, 0.1) is 12.7 Å². The number of benzene rings is 1. The van der Waals surface area contributed by atoms with E-state index in [0.29, 0.717) is 17.4 Å². The molecule has 1 aromatic carbocycles. The molecule has 1 atom stereocenters. The summed E-state index contributed by atoms with van der Waals surface area (Å²) in [5.41, 5.74) is 1.68. The third-order valence-electron chi connectivity index (χ3n) is 4.16. The summed E-state index contributed by atoms with van der Waals surface area (Å²) in [4.78, 5) is 4.25. The molecular weight excluding hydrogens is 313 g/mol. The van der Waals surface area contributed by atoms with Crippen LogP contribution >= 0.6 is 11.8 Å². The van der Waals surface area contributed by atoms with Crippen molar-refractivity contribution in [1.29, 1.82) is 0 Å². The smallest absolute Gasteiger partial charge is 0.191 e. The Labute approximate surface area is 139 Å². The van der Waals surface area contributed by atoms with Gasteiger partial charge in [-0.25, -0.2) is 4.39 Å². The number of furan rings is 1. The van der Waals surface area contributed by atoms with Crippen LogP contribution in [0.25, 0.3) is 11.0 Å². The molecule has 6 heteroatoms. The number of hydrogen-bond donors (Lipinski definition) is 2. The second-order valence-corrected chi connectivity index (χ2v) is 7.14. The zero-order chi connectivity index (χ0) is 16.2. The van der Waals surface area contributed by atoms with Crippen molar-refractivity contribution in [2.75, 3.05) is 19.3 Å². The number of nitrogens with one attached hydrogen (secondary N) is 2. The van der Waals surface area contributed by atoms with E-state index in [2.05, 4.69) is 15.6 Å². The predicted molar refractivity (Wildman–Crippen MR) is 94.6 cm³/mol. The molecule has 1 fully saturated rings. The van der Waals surface area contributed by atoms with Gasteiger partial charge in [-0.1, -0.05) is 0 Å². The van der Waals surface area contributed by atoms with E-state index in [0.717, 1.165) is 29.2 Å². The lowest BCUT2D eigenvalue weighted by molar-refractivity contribution is 0.534. The maximum atomic E-state index is 13.4. The average molecular weight is 335 g/mol. The summed E-state index contributed by atoms with van der Waals surface area (Å²) in [5.74, 6) is 2.59. The Morgan fingerprint density at radius 1 is 1.43 bits per heavy atom. The SMILES string of the molecule is CN=C(NCc1oc2ccc(F)cc2c1C)NCC1CCCS1.